The molecule has 0 aliphatic carbocycles. The van der Waals surface area contributed by atoms with E-state index in [9.17, 15) is 0 Å². The first-order valence-corrected chi connectivity index (χ1v) is 6.89. The molecule has 4 heteroatoms. The number of hydrogen-bond acceptors (Lipinski definition) is 3. The average Bonchev–Trinajstić information content (AvgIpc) is 2.87. The van der Waals surface area contributed by atoms with E-state index in [1.54, 1.807) is 7.11 Å². The van der Waals surface area contributed by atoms with Crippen LogP contribution in [0.15, 0.2) is 42.7 Å². The van der Waals surface area contributed by atoms with Crippen molar-refractivity contribution in [3.8, 4) is 0 Å². The maximum Gasteiger partial charge on any atom is 0.0820 e. The Labute approximate surface area is 120 Å². The number of anilines is 1. The second-order valence-corrected chi connectivity index (χ2v) is 5.59. The molecule has 1 aromatic heterocycles. The van der Waals surface area contributed by atoms with Gasteiger partial charge < -0.3 is 10.1 Å². The molecular formula is C16H23N3O. The lowest BCUT2D eigenvalue weighted by atomic mass is 10.0. The van der Waals surface area contributed by atoms with E-state index in [2.05, 4.69) is 43.3 Å². The lowest BCUT2D eigenvalue weighted by Gasteiger charge is -2.31. The van der Waals surface area contributed by atoms with E-state index in [4.69, 9.17) is 4.74 Å². The van der Waals surface area contributed by atoms with Crippen LogP contribution in [0.1, 0.15) is 26.3 Å². The van der Waals surface area contributed by atoms with Crippen LogP contribution in [0.3, 0.4) is 0 Å². The van der Waals surface area contributed by atoms with Crippen molar-refractivity contribution in [3.63, 3.8) is 0 Å². The molecule has 20 heavy (non-hydrogen) atoms. The number of ether oxygens (including phenoxy) is 1. The number of rotatable bonds is 6. The molecule has 1 N–H and O–H groups in total. The van der Waals surface area contributed by atoms with Gasteiger partial charge >= 0.3 is 0 Å². The molecule has 0 spiro atoms. The van der Waals surface area contributed by atoms with E-state index < -0.39 is 0 Å². The number of nitrogens with zero attached hydrogens (tertiary/aromatic N) is 2. The van der Waals surface area contributed by atoms with Crippen molar-refractivity contribution in [2.24, 2.45) is 0 Å². The Hall–Kier alpha value is -1.81. The van der Waals surface area contributed by atoms with Crippen LogP contribution in [-0.2, 0) is 11.3 Å². The van der Waals surface area contributed by atoms with Crippen molar-refractivity contribution in [3.05, 3.63) is 48.3 Å². The molecule has 0 saturated carbocycles. The maximum absolute atomic E-state index is 5.48. The fourth-order valence-electron chi connectivity index (χ4n) is 1.90. The first-order chi connectivity index (χ1) is 9.51. The number of nitrogens with one attached hydrogen (secondary N) is 1. The molecule has 0 amide bonds. The Kier molecular flexibility index (Phi) is 4.45. The summed E-state index contributed by atoms with van der Waals surface area (Å²) in [6.07, 6.45) is 3.88. The van der Waals surface area contributed by atoms with Gasteiger partial charge in [-0.25, -0.2) is 0 Å². The molecule has 1 heterocycles. The first kappa shape index (κ1) is 14.6. The summed E-state index contributed by atoms with van der Waals surface area (Å²) in [5.41, 5.74) is 2.03. The molecule has 0 saturated heterocycles. The third kappa shape index (κ3) is 3.61. The maximum atomic E-state index is 5.48. The Morgan fingerprint density at radius 1 is 1.30 bits per heavy atom. The van der Waals surface area contributed by atoms with Crippen LogP contribution in [0.4, 0.5) is 5.69 Å². The van der Waals surface area contributed by atoms with Crippen LogP contribution < -0.4 is 5.32 Å². The molecule has 0 fully saturated rings. The van der Waals surface area contributed by atoms with Crippen LogP contribution in [0.5, 0.6) is 0 Å². The minimum Gasteiger partial charge on any atom is -0.377 e. The summed E-state index contributed by atoms with van der Waals surface area (Å²) >= 11 is 0. The molecule has 0 radical (unpaired) electrons. The highest BCUT2D eigenvalue weighted by molar-refractivity contribution is 5.40. The lowest BCUT2D eigenvalue weighted by Crippen LogP contribution is -2.41. The van der Waals surface area contributed by atoms with E-state index >= 15 is 0 Å². The predicted octanol–water partition coefficient (Wildman–Crippen LogP) is 3.16. The smallest absolute Gasteiger partial charge is 0.0820 e. The molecule has 0 aliphatic rings. The summed E-state index contributed by atoms with van der Waals surface area (Å²) < 4.78 is 7.42. The topological polar surface area (TPSA) is 39.1 Å². The average molecular weight is 273 g/mol. The Bertz CT molecular complexity index is 534. The Balaban J connectivity index is 1.99. The summed E-state index contributed by atoms with van der Waals surface area (Å²) in [6.45, 7) is 7.03. The monoisotopic (exact) mass is 273 g/mol. The van der Waals surface area contributed by atoms with Crippen LogP contribution in [0.25, 0.3) is 0 Å². The number of hydrogen-bond donors (Lipinski definition) is 1. The lowest BCUT2D eigenvalue weighted by molar-refractivity contribution is 0.0107. The van der Waals surface area contributed by atoms with Crippen molar-refractivity contribution in [2.45, 2.75) is 39.0 Å². The van der Waals surface area contributed by atoms with Crippen LogP contribution in [0.2, 0.25) is 0 Å². The van der Waals surface area contributed by atoms with Crippen molar-refractivity contribution >= 4 is 5.69 Å². The molecule has 108 valence electrons. The van der Waals surface area contributed by atoms with Crippen LogP contribution in [-0.4, -0.2) is 28.5 Å². The number of aromatic nitrogens is 2. The minimum absolute atomic E-state index is 0.196. The van der Waals surface area contributed by atoms with Gasteiger partial charge in [-0.3, -0.25) is 4.68 Å². The van der Waals surface area contributed by atoms with Gasteiger partial charge in [0.25, 0.3) is 0 Å². The van der Waals surface area contributed by atoms with Gasteiger partial charge in [-0.15, -0.1) is 0 Å². The van der Waals surface area contributed by atoms with Gasteiger partial charge in [0.1, 0.15) is 0 Å². The molecule has 1 aromatic carbocycles. The number of methoxy groups -OCH3 is 1. The van der Waals surface area contributed by atoms with Gasteiger partial charge in [0.15, 0.2) is 0 Å². The summed E-state index contributed by atoms with van der Waals surface area (Å²) in [7, 11) is 1.73. The SMILES string of the molecule is COC(C)(C)C(C)Nc1cnn(Cc2ccccc2)c1. The Morgan fingerprint density at radius 3 is 2.65 bits per heavy atom. The largest absolute Gasteiger partial charge is 0.377 e. The highest BCUT2D eigenvalue weighted by Gasteiger charge is 2.25. The van der Waals surface area contributed by atoms with E-state index in [1.807, 2.05) is 35.3 Å². The molecule has 1 atom stereocenters. The summed E-state index contributed by atoms with van der Waals surface area (Å²) in [4.78, 5) is 0. The van der Waals surface area contributed by atoms with E-state index in [0.29, 0.717) is 0 Å². The number of benzene rings is 1. The fraction of sp³-hybridized carbons (Fsp3) is 0.438. The van der Waals surface area contributed by atoms with E-state index in [0.717, 1.165) is 12.2 Å². The van der Waals surface area contributed by atoms with Crippen molar-refractivity contribution in [2.75, 3.05) is 12.4 Å². The summed E-state index contributed by atoms with van der Waals surface area (Å²) in [5.74, 6) is 0. The molecule has 0 bridgehead atoms. The third-order valence-electron chi connectivity index (χ3n) is 3.77. The molecule has 0 aliphatic heterocycles. The van der Waals surface area contributed by atoms with Gasteiger partial charge in [-0.2, -0.15) is 5.10 Å². The Morgan fingerprint density at radius 2 is 2.00 bits per heavy atom. The standard InChI is InChI=1S/C16H23N3O/c1-13(16(2,3)20-4)18-15-10-17-19(12-15)11-14-8-6-5-7-9-14/h5-10,12-13,18H,11H2,1-4H3. The van der Waals surface area contributed by atoms with Crippen molar-refractivity contribution in [1.29, 1.82) is 0 Å². The van der Waals surface area contributed by atoms with E-state index in [-0.39, 0.29) is 11.6 Å². The van der Waals surface area contributed by atoms with Crippen molar-refractivity contribution < 1.29 is 4.74 Å². The van der Waals surface area contributed by atoms with Crippen LogP contribution in [0, 0.1) is 0 Å². The second kappa shape index (κ2) is 6.09. The van der Waals surface area contributed by atoms with E-state index in [1.165, 1.54) is 5.56 Å². The summed E-state index contributed by atoms with van der Waals surface area (Å²) in [5, 5.41) is 7.82. The van der Waals surface area contributed by atoms with Crippen LogP contribution >= 0.6 is 0 Å². The molecule has 2 aromatic rings. The highest BCUT2D eigenvalue weighted by Crippen LogP contribution is 2.18. The van der Waals surface area contributed by atoms with Gasteiger partial charge in [0, 0.05) is 13.3 Å². The van der Waals surface area contributed by atoms with Crippen molar-refractivity contribution in [1.82, 2.24) is 9.78 Å². The van der Waals surface area contributed by atoms with Gasteiger partial charge in [0.05, 0.1) is 30.1 Å². The quantitative estimate of drug-likeness (QED) is 0.878. The minimum atomic E-state index is -0.221. The van der Waals surface area contributed by atoms with Gasteiger partial charge in [0.2, 0.25) is 0 Å². The highest BCUT2D eigenvalue weighted by atomic mass is 16.5. The third-order valence-corrected chi connectivity index (χ3v) is 3.77. The molecule has 4 nitrogen and oxygen atoms in total. The zero-order valence-electron chi connectivity index (χ0n) is 12.6. The fourth-order valence-corrected chi connectivity index (χ4v) is 1.90. The second-order valence-electron chi connectivity index (χ2n) is 5.59. The molecule has 1 unspecified atom stereocenters. The first-order valence-electron chi connectivity index (χ1n) is 6.89. The molecular weight excluding hydrogens is 250 g/mol. The summed E-state index contributed by atoms with van der Waals surface area (Å²) in [6, 6.07) is 10.5. The normalized spacial score (nSPS) is 13.2. The molecule has 2 rings (SSSR count). The van der Waals surface area contributed by atoms with Gasteiger partial charge in [-0.05, 0) is 26.3 Å². The zero-order valence-corrected chi connectivity index (χ0v) is 12.6. The predicted molar refractivity (Wildman–Crippen MR) is 81.9 cm³/mol. The van der Waals surface area contributed by atoms with Gasteiger partial charge in [-0.1, -0.05) is 30.3 Å². The zero-order chi connectivity index (χ0) is 14.6.